The van der Waals surface area contributed by atoms with Gasteiger partial charge in [-0.05, 0) is 24.6 Å². The molecule has 3 aromatic rings. The van der Waals surface area contributed by atoms with Crippen LogP contribution >= 0.6 is 0 Å². The maximum Gasteiger partial charge on any atom is 0.322 e. The summed E-state index contributed by atoms with van der Waals surface area (Å²) >= 11 is 0. The molecule has 0 atom stereocenters. The third-order valence-corrected chi connectivity index (χ3v) is 5.35. The number of rotatable bonds is 8. The highest BCUT2D eigenvalue weighted by Crippen LogP contribution is 2.42. The Kier molecular flexibility index (Phi) is 5.49. The highest BCUT2D eigenvalue weighted by molar-refractivity contribution is 7.90. The summed E-state index contributed by atoms with van der Waals surface area (Å²) in [5.74, 6) is 2.57. The Balaban J connectivity index is 1.56. The Labute approximate surface area is 173 Å². The minimum atomic E-state index is -3.04. The molecule has 1 aliphatic heterocycles. The number of hydrogen-bond acceptors (Lipinski definition) is 9. The van der Waals surface area contributed by atoms with E-state index in [1.807, 2.05) is 0 Å². The Bertz CT molecular complexity index is 1180. The highest BCUT2D eigenvalue weighted by atomic mass is 32.2. The van der Waals surface area contributed by atoms with Crippen molar-refractivity contribution in [2.75, 3.05) is 32.5 Å². The fourth-order valence-electron chi connectivity index (χ4n) is 2.93. The van der Waals surface area contributed by atoms with E-state index in [4.69, 9.17) is 23.7 Å². The molecule has 0 amide bonds. The van der Waals surface area contributed by atoms with Gasteiger partial charge in [-0.3, -0.25) is 0 Å². The fraction of sp³-hybridized carbons (Fsp3) is 0.300. The third-order valence-electron chi connectivity index (χ3n) is 4.32. The van der Waals surface area contributed by atoms with Crippen molar-refractivity contribution in [3.05, 3.63) is 36.5 Å². The molecule has 0 N–H and O–H groups in total. The van der Waals surface area contributed by atoms with E-state index in [0.29, 0.717) is 40.7 Å². The van der Waals surface area contributed by atoms with Crippen LogP contribution < -0.4 is 23.7 Å². The van der Waals surface area contributed by atoms with Crippen LogP contribution in [-0.4, -0.2) is 50.9 Å². The average Bonchev–Trinajstić information content (AvgIpc) is 3.20. The van der Waals surface area contributed by atoms with Crippen molar-refractivity contribution in [3.63, 3.8) is 0 Å². The number of fused-ring (bicyclic) bond motifs is 2. The molecular weight excluding hydrogens is 412 g/mol. The molecule has 0 radical (unpaired) electrons. The second kappa shape index (κ2) is 8.23. The molecule has 0 spiro atoms. The monoisotopic (exact) mass is 432 g/mol. The van der Waals surface area contributed by atoms with Crippen LogP contribution in [0.1, 0.15) is 6.42 Å². The van der Waals surface area contributed by atoms with Gasteiger partial charge in [-0.15, -0.1) is 0 Å². The van der Waals surface area contributed by atoms with Crippen molar-refractivity contribution < 1.29 is 32.1 Å². The van der Waals surface area contributed by atoms with E-state index in [2.05, 4.69) is 9.97 Å². The van der Waals surface area contributed by atoms with Gasteiger partial charge < -0.3 is 23.7 Å². The minimum Gasteiger partial charge on any atom is -0.493 e. The molecule has 0 saturated heterocycles. The molecule has 2 heterocycles. The summed E-state index contributed by atoms with van der Waals surface area (Å²) in [6.07, 6.45) is 3.19. The Morgan fingerprint density at radius 1 is 1.13 bits per heavy atom. The number of para-hydroxylation sites is 1. The summed E-state index contributed by atoms with van der Waals surface area (Å²) < 4.78 is 50.2. The van der Waals surface area contributed by atoms with Gasteiger partial charge in [0.1, 0.15) is 9.84 Å². The van der Waals surface area contributed by atoms with E-state index in [0.717, 1.165) is 5.39 Å². The van der Waals surface area contributed by atoms with Gasteiger partial charge >= 0.3 is 6.01 Å². The Morgan fingerprint density at radius 3 is 2.80 bits per heavy atom. The van der Waals surface area contributed by atoms with Crippen LogP contribution in [-0.2, 0) is 9.84 Å². The average molecular weight is 432 g/mol. The number of ether oxygens (including phenoxy) is 5. The molecule has 10 heteroatoms. The molecule has 0 bridgehead atoms. The van der Waals surface area contributed by atoms with Gasteiger partial charge in [0.25, 0.3) is 0 Å². The van der Waals surface area contributed by atoms with Crippen molar-refractivity contribution in [3.8, 4) is 34.8 Å². The van der Waals surface area contributed by atoms with Gasteiger partial charge in [0.05, 0.1) is 25.0 Å². The van der Waals surface area contributed by atoms with Gasteiger partial charge in [0.2, 0.25) is 12.5 Å². The molecule has 9 nitrogen and oxygen atoms in total. The van der Waals surface area contributed by atoms with Crippen LogP contribution in [0.3, 0.4) is 0 Å². The van der Waals surface area contributed by atoms with Crippen LogP contribution in [0.15, 0.2) is 36.5 Å². The summed E-state index contributed by atoms with van der Waals surface area (Å²) in [6, 6.07) is 8.92. The van der Waals surface area contributed by atoms with Gasteiger partial charge in [-0.2, -0.15) is 4.98 Å². The number of hydrogen-bond donors (Lipinski definition) is 0. The number of nitrogens with zero attached hydrogens (tertiary/aromatic N) is 2. The first-order chi connectivity index (χ1) is 14.4. The number of methoxy groups -OCH3 is 1. The first kappa shape index (κ1) is 20.0. The van der Waals surface area contributed by atoms with Gasteiger partial charge in [-0.1, -0.05) is 6.07 Å². The molecular formula is C20H20N2O7S. The third kappa shape index (κ3) is 4.48. The first-order valence-electron chi connectivity index (χ1n) is 9.15. The largest absolute Gasteiger partial charge is 0.493 e. The standard InChI is InChI=1S/C20H20N2O7S/c1-25-17-9-13-11-21-20(29-16-6-3-5-15-19(16)28-12-27-15)22-14(13)10-18(17)26-7-4-8-30(2,23)24/h3,5-6,9-11H,4,7-8,12H2,1-2H3. The number of aromatic nitrogens is 2. The minimum absolute atomic E-state index is 0.0518. The lowest BCUT2D eigenvalue weighted by Crippen LogP contribution is -2.08. The molecule has 158 valence electrons. The molecule has 0 unspecified atom stereocenters. The SMILES string of the molecule is COc1cc2cnc(Oc3cccc4c3OCO4)nc2cc1OCCCS(C)(=O)=O. The van der Waals surface area contributed by atoms with E-state index < -0.39 is 9.84 Å². The molecule has 0 fully saturated rings. The summed E-state index contributed by atoms with van der Waals surface area (Å²) in [6.45, 7) is 0.366. The summed E-state index contributed by atoms with van der Waals surface area (Å²) in [4.78, 5) is 8.68. The summed E-state index contributed by atoms with van der Waals surface area (Å²) in [5, 5.41) is 0.737. The topological polar surface area (TPSA) is 106 Å². The van der Waals surface area contributed by atoms with Crippen molar-refractivity contribution in [1.29, 1.82) is 0 Å². The van der Waals surface area contributed by atoms with E-state index in [1.54, 1.807) is 36.5 Å². The van der Waals surface area contributed by atoms with Crippen LogP contribution in [0.4, 0.5) is 0 Å². The lowest BCUT2D eigenvalue weighted by Gasteiger charge is -2.12. The zero-order valence-corrected chi connectivity index (χ0v) is 17.3. The maximum absolute atomic E-state index is 11.3. The fourth-order valence-corrected chi connectivity index (χ4v) is 3.57. The van der Waals surface area contributed by atoms with E-state index in [-0.39, 0.29) is 25.2 Å². The summed E-state index contributed by atoms with van der Waals surface area (Å²) in [5.41, 5.74) is 0.587. The lowest BCUT2D eigenvalue weighted by atomic mass is 10.2. The van der Waals surface area contributed by atoms with E-state index in [9.17, 15) is 8.42 Å². The van der Waals surface area contributed by atoms with Gasteiger partial charge in [-0.25, -0.2) is 13.4 Å². The molecule has 1 aliphatic rings. The van der Waals surface area contributed by atoms with Gasteiger partial charge in [0, 0.05) is 23.9 Å². The van der Waals surface area contributed by atoms with Crippen molar-refractivity contribution in [2.24, 2.45) is 0 Å². The zero-order valence-electron chi connectivity index (χ0n) is 16.5. The Hall–Kier alpha value is -3.27. The normalized spacial score (nSPS) is 12.7. The van der Waals surface area contributed by atoms with Crippen molar-refractivity contribution in [1.82, 2.24) is 9.97 Å². The second-order valence-electron chi connectivity index (χ2n) is 6.64. The molecule has 0 saturated carbocycles. The lowest BCUT2D eigenvalue weighted by molar-refractivity contribution is 0.171. The number of sulfone groups is 1. The van der Waals surface area contributed by atoms with Crippen LogP contribution in [0, 0.1) is 0 Å². The predicted molar refractivity (Wildman–Crippen MR) is 109 cm³/mol. The summed E-state index contributed by atoms with van der Waals surface area (Å²) in [7, 11) is -1.51. The number of benzene rings is 2. The zero-order chi connectivity index (χ0) is 21.1. The van der Waals surface area contributed by atoms with Crippen LogP contribution in [0.5, 0.6) is 34.8 Å². The predicted octanol–water partition coefficient (Wildman–Crippen LogP) is 2.97. The van der Waals surface area contributed by atoms with E-state index in [1.165, 1.54) is 13.4 Å². The maximum atomic E-state index is 11.3. The van der Waals surface area contributed by atoms with Crippen LogP contribution in [0.25, 0.3) is 10.9 Å². The second-order valence-corrected chi connectivity index (χ2v) is 8.90. The molecule has 4 rings (SSSR count). The first-order valence-corrected chi connectivity index (χ1v) is 11.2. The van der Waals surface area contributed by atoms with E-state index >= 15 is 0 Å². The molecule has 2 aromatic carbocycles. The van der Waals surface area contributed by atoms with Gasteiger partial charge in [0.15, 0.2) is 23.0 Å². The molecule has 1 aromatic heterocycles. The van der Waals surface area contributed by atoms with Crippen molar-refractivity contribution >= 4 is 20.7 Å². The highest BCUT2D eigenvalue weighted by Gasteiger charge is 2.20. The van der Waals surface area contributed by atoms with Crippen LogP contribution in [0.2, 0.25) is 0 Å². The molecule has 0 aliphatic carbocycles. The molecule has 30 heavy (non-hydrogen) atoms. The quantitative estimate of drug-likeness (QED) is 0.497. The smallest absolute Gasteiger partial charge is 0.322 e. The van der Waals surface area contributed by atoms with Crippen molar-refractivity contribution in [2.45, 2.75) is 6.42 Å². The Morgan fingerprint density at radius 2 is 2.00 bits per heavy atom.